The fourth-order valence-corrected chi connectivity index (χ4v) is 3.90. The number of nitro groups is 1. The highest BCUT2D eigenvalue weighted by molar-refractivity contribution is 7.99. The Hall–Kier alpha value is -2.18. The molecule has 0 atom stereocenters. The molecule has 0 saturated carbocycles. The zero-order valence-electron chi connectivity index (χ0n) is 13.7. The van der Waals surface area contributed by atoms with Crippen molar-refractivity contribution in [3.8, 4) is 0 Å². The molecule has 0 spiro atoms. The van der Waals surface area contributed by atoms with Gasteiger partial charge in [-0.05, 0) is 44.9 Å². The lowest BCUT2D eigenvalue weighted by Gasteiger charge is -2.12. The maximum absolute atomic E-state index is 11.5. The highest BCUT2D eigenvalue weighted by atomic mass is 32.2. The number of non-ortho nitro benzene ring substituents is 1. The van der Waals surface area contributed by atoms with Gasteiger partial charge >= 0.3 is 0 Å². The molecule has 1 aromatic heterocycles. The maximum Gasteiger partial charge on any atom is 0.279 e. The van der Waals surface area contributed by atoms with Crippen molar-refractivity contribution in [1.82, 2.24) is 9.88 Å². The molecule has 0 aliphatic rings. The van der Waals surface area contributed by atoms with Crippen LogP contribution in [0.3, 0.4) is 0 Å². The molecule has 124 valence electrons. The normalized spacial score (nSPS) is 11.5. The molecule has 0 aliphatic carbocycles. The van der Waals surface area contributed by atoms with E-state index in [0.717, 1.165) is 34.5 Å². The lowest BCUT2D eigenvalue weighted by atomic mass is 10.1. The fourth-order valence-electron chi connectivity index (χ4n) is 2.74. The van der Waals surface area contributed by atoms with Crippen LogP contribution in [0.4, 0.5) is 5.69 Å². The summed E-state index contributed by atoms with van der Waals surface area (Å²) in [4.78, 5) is 18.9. The summed E-state index contributed by atoms with van der Waals surface area (Å²) >= 11 is 1.68. The maximum atomic E-state index is 11.5. The molecule has 0 unspecified atom stereocenters. The molecule has 0 aliphatic heterocycles. The molecule has 2 aromatic carbocycles. The van der Waals surface area contributed by atoms with Gasteiger partial charge in [0.25, 0.3) is 5.69 Å². The fraction of sp³-hybridized carbons (Fsp3) is 0.278. The minimum Gasteiger partial charge on any atom is -0.309 e. The van der Waals surface area contributed by atoms with Crippen molar-refractivity contribution in [3.05, 3.63) is 52.6 Å². The van der Waals surface area contributed by atoms with Crippen LogP contribution in [0.2, 0.25) is 0 Å². The second kappa shape index (κ2) is 7.15. The summed E-state index contributed by atoms with van der Waals surface area (Å²) in [5.41, 5.74) is 1.68. The van der Waals surface area contributed by atoms with Crippen LogP contribution in [0.5, 0.6) is 0 Å². The van der Waals surface area contributed by atoms with Crippen molar-refractivity contribution in [2.24, 2.45) is 0 Å². The van der Waals surface area contributed by atoms with Crippen molar-refractivity contribution in [2.75, 3.05) is 26.4 Å². The molecular weight excluding hydrogens is 322 g/mol. The largest absolute Gasteiger partial charge is 0.309 e. The molecule has 0 amide bonds. The monoisotopic (exact) mass is 341 g/mol. The smallest absolute Gasteiger partial charge is 0.279 e. The van der Waals surface area contributed by atoms with Gasteiger partial charge in [-0.25, -0.2) is 4.98 Å². The third kappa shape index (κ3) is 3.34. The zero-order valence-corrected chi connectivity index (χ0v) is 14.5. The van der Waals surface area contributed by atoms with E-state index in [-0.39, 0.29) is 10.6 Å². The average Bonchev–Trinajstić information content (AvgIpc) is 2.56. The Balaban J connectivity index is 2.14. The van der Waals surface area contributed by atoms with E-state index in [1.54, 1.807) is 23.9 Å². The Bertz CT molecular complexity index is 896. The van der Waals surface area contributed by atoms with Crippen LogP contribution >= 0.6 is 11.8 Å². The van der Waals surface area contributed by atoms with E-state index >= 15 is 0 Å². The number of hydrogen-bond donors (Lipinski definition) is 0. The summed E-state index contributed by atoms with van der Waals surface area (Å²) in [6, 6.07) is 12.9. The minimum absolute atomic E-state index is 0.126. The van der Waals surface area contributed by atoms with Crippen LogP contribution in [-0.4, -0.2) is 41.2 Å². The van der Waals surface area contributed by atoms with Gasteiger partial charge < -0.3 is 4.90 Å². The van der Waals surface area contributed by atoms with Crippen LogP contribution in [0.15, 0.2) is 47.4 Å². The first-order chi connectivity index (χ1) is 11.6. The summed E-state index contributed by atoms with van der Waals surface area (Å²) < 4.78 is 0. The Morgan fingerprint density at radius 1 is 1.12 bits per heavy atom. The molecule has 24 heavy (non-hydrogen) atoms. The van der Waals surface area contributed by atoms with Crippen LogP contribution in [0.25, 0.3) is 21.8 Å². The van der Waals surface area contributed by atoms with Crippen molar-refractivity contribution in [3.63, 3.8) is 0 Å². The van der Waals surface area contributed by atoms with Gasteiger partial charge in [0.15, 0.2) is 0 Å². The van der Waals surface area contributed by atoms with E-state index in [9.17, 15) is 10.1 Å². The molecular formula is C18H19N3O2S. The molecule has 6 heteroatoms. The number of aromatic nitrogens is 1. The summed E-state index contributed by atoms with van der Waals surface area (Å²) in [7, 11) is 4.10. The number of fused-ring (bicyclic) bond motifs is 2. The number of rotatable bonds is 6. The van der Waals surface area contributed by atoms with E-state index < -0.39 is 0 Å². The molecule has 5 nitrogen and oxygen atoms in total. The highest BCUT2D eigenvalue weighted by Crippen LogP contribution is 2.38. The quantitative estimate of drug-likeness (QED) is 0.219. The molecule has 1 heterocycles. The average molecular weight is 341 g/mol. The third-order valence-electron chi connectivity index (χ3n) is 3.83. The number of pyridine rings is 1. The van der Waals surface area contributed by atoms with Crippen LogP contribution in [0.1, 0.15) is 6.42 Å². The molecule has 3 aromatic rings. The predicted molar refractivity (Wildman–Crippen MR) is 99.8 cm³/mol. The van der Waals surface area contributed by atoms with Crippen molar-refractivity contribution in [1.29, 1.82) is 0 Å². The second-order valence-corrected chi connectivity index (χ2v) is 7.00. The molecule has 0 saturated heterocycles. The number of hydrogen-bond acceptors (Lipinski definition) is 5. The number of nitro benzene ring substituents is 1. The standard InChI is InChI=1S/C18H19N3O2S/c1-20(2)11-6-12-24-18-13-7-3-4-8-14(13)19-15-9-5-10-16(17(15)18)21(22)23/h3-5,7-10H,6,11-12H2,1-2H3. The molecule has 0 bridgehead atoms. The van der Waals surface area contributed by atoms with Crippen LogP contribution in [-0.2, 0) is 0 Å². The number of nitrogens with zero attached hydrogens (tertiary/aromatic N) is 3. The van der Waals surface area contributed by atoms with Gasteiger partial charge in [0.1, 0.15) is 0 Å². The Morgan fingerprint density at radius 2 is 1.88 bits per heavy atom. The van der Waals surface area contributed by atoms with Crippen molar-refractivity contribution in [2.45, 2.75) is 11.3 Å². The van der Waals surface area contributed by atoms with Crippen molar-refractivity contribution < 1.29 is 4.92 Å². The topological polar surface area (TPSA) is 59.3 Å². The first-order valence-electron chi connectivity index (χ1n) is 7.81. The SMILES string of the molecule is CN(C)CCCSc1c2ccccc2nc2cccc([N+](=O)[O-])c12. The highest BCUT2D eigenvalue weighted by Gasteiger charge is 2.19. The minimum atomic E-state index is -0.317. The summed E-state index contributed by atoms with van der Waals surface area (Å²) in [5.74, 6) is 0.910. The molecule has 0 radical (unpaired) electrons. The first-order valence-corrected chi connectivity index (χ1v) is 8.80. The predicted octanol–water partition coefficient (Wildman–Crippen LogP) is 4.34. The van der Waals surface area contributed by atoms with Crippen LogP contribution < -0.4 is 0 Å². The third-order valence-corrected chi connectivity index (χ3v) is 5.04. The van der Waals surface area contributed by atoms with Crippen LogP contribution in [0, 0.1) is 10.1 Å². The van der Waals surface area contributed by atoms with Gasteiger partial charge in [0, 0.05) is 16.3 Å². The zero-order chi connectivity index (χ0) is 17.1. The Kier molecular flexibility index (Phi) is 4.97. The Morgan fingerprint density at radius 3 is 2.62 bits per heavy atom. The molecule has 0 N–H and O–H groups in total. The summed E-state index contributed by atoms with van der Waals surface area (Å²) in [6.45, 7) is 0.996. The van der Waals surface area contributed by atoms with Gasteiger partial charge in [-0.15, -0.1) is 11.8 Å². The number of benzene rings is 2. The number of para-hydroxylation sites is 1. The lowest BCUT2D eigenvalue weighted by Crippen LogP contribution is -2.13. The van der Waals surface area contributed by atoms with E-state index in [1.165, 1.54) is 0 Å². The first kappa shape index (κ1) is 16.7. The second-order valence-electron chi connectivity index (χ2n) is 5.89. The van der Waals surface area contributed by atoms with Crippen molar-refractivity contribution >= 4 is 39.3 Å². The van der Waals surface area contributed by atoms with Gasteiger partial charge in [-0.2, -0.15) is 0 Å². The van der Waals surface area contributed by atoms with E-state index in [0.29, 0.717) is 10.9 Å². The summed E-state index contributed by atoms with van der Waals surface area (Å²) in [5, 5.41) is 13.1. The molecule has 0 fully saturated rings. The number of thioether (sulfide) groups is 1. The van der Waals surface area contributed by atoms with Gasteiger partial charge in [-0.3, -0.25) is 10.1 Å². The van der Waals surface area contributed by atoms with E-state index in [4.69, 9.17) is 0 Å². The van der Waals surface area contributed by atoms with Gasteiger partial charge in [0.05, 0.1) is 21.3 Å². The van der Waals surface area contributed by atoms with E-state index in [1.807, 2.05) is 44.4 Å². The van der Waals surface area contributed by atoms with Gasteiger partial charge in [0.2, 0.25) is 0 Å². The van der Waals surface area contributed by atoms with Gasteiger partial charge in [-0.1, -0.05) is 24.3 Å². The molecule has 3 rings (SSSR count). The van der Waals surface area contributed by atoms with E-state index in [2.05, 4.69) is 9.88 Å². The summed E-state index contributed by atoms with van der Waals surface area (Å²) in [6.07, 6.45) is 1.02. The lowest BCUT2D eigenvalue weighted by molar-refractivity contribution is -0.383. The Labute approximate surface area is 144 Å².